The van der Waals surface area contributed by atoms with Crippen molar-refractivity contribution in [2.75, 3.05) is 14.2 Å². The highest BCUT2D eigenvalue weighted by molar-refractivity contribution is 6.23. The molecular weight excluding hydrogens is 388 g/mol. The molecule has 3 aromatic rings. The molecule has 4 rings (SSSR count). The van der Waals surface area contributed by atoms with Crippen LogP contribution in [0.15, 0.2) is 48.5 Å². The second-order valence-electron chi connectivity index (χ2n) is 6.90. The standard InChI is InChI=1S/C23H18O7/c1-29-14-9-16-21(18(10-14)30-2)23(28)15-7-13(25)8-17(26)20(15)19(22(16)27)11-3-5-12(24)6-4-11/h3-10,19,24-26H,1-2H3/t19-/m1/s1. The second-order valence-corrected chi connectivity index (χ2v) is 6.90. The molecule has 1 aliphatic rings. The highest BCUT2D eigenvalue weighted by Crippen LogP contribution is 2.45. The van der Waals surface area contributed by atoms with Gasteiger partial charge in [-0.05, 0) is 29.8 Å². The number of benzene rings is 3. The number of carbonyl (C=O) groups excluding carboxylic acids is 2. The van der Waals surface area contributed by atoms with Gasteiger partial charge in [0.2, 0.25) is 0 Å². The van der Waals surface area contributed by atoms with Gasteiger partial charge in [-0.1, -0.05) is 12.1 Å². The van der Waals surface area contributed by atoms with Crippen molar-refractivity contribution in [2.24, 2.45) is 0 Å². The van der Waals surface area contributed by atoms with E-state index in [2.05, 4.69) is 0 Å². The number of ketones is 2. The molecule has 0 bridgehead atoms. The molecule has 0 saturated carbocycles. The Hall–Kier alpha value is -4.00. The molecule has 3 N–H and O–H groups in total. The van der Waals surface area contributed by atoms with Crippen molar-refractivity contribution in [1.82, 2.24) is 0 Å². The van der Waals surface area contributed by atoms with E-state index in [1.165, 1.54) is 44.6 Å². The summed E-state index contributed by atoms with van der Waals surface area (Å²) < 4.78 is 10.6. The molecule has 0 aliphatic heterocycles. The SMILES string of the molecule is COc1cc(OC)c2c(c1)C(=O)[C@H](c1ccc(O)cc1)c1c(O)cc(O)cc1C2=O. The predicted molar refractivity (Wildman–Crippen MR) is 107 cm³/mol. The zero-order valence-electron chi connectivity index (χ0n) is 16.2. The van der Waals surface area contributed by atoms with E-state index < -0.39 is 17.5 Å². The zero-order valence-corrected chi connectivity index (χ0v) is 16.2. The van der Waals surface area contributed by atoms with Crippen molar-refractivity contribution in [3.63, 3.8) is 0 Å². The number of phenols is 3. The average molecular weight is 406 g/mol. The maximum Gasteiger partial charge on any atom is 0.198 e. The molecule has 30 heavy (non-hydrogen) atoms. The van der Waals surface area contributed by atoms with Crippen molar-refractivity contribution in [3.8, 4) is 28.7 Å². The fraction of sp³-hybridized carbons (Fsp3) is 0.130. The minimum absolute atomic E-state index is 0.00906. The first kappa shape index (κ1) is 19.3. The van der Waals surface area contributed by atoms with Crippen molar-refractivity contribution in [1.29, 1.82) is 0 Å². The van der Waals surface area contributed by atoms with E-state index in [0.717, 1.165) is 6.07 Å². The number of carbonyl (C=O) groups is 2. The van der Waals surface area contributed by atoms with Gasteiger partial charge in [0.15, 0.2) is 11.6 Å². The smallest absolute Gasteiger partial charge is 0.198 e. The largest absolute Gasteiger partial charge is 0.508 e. The van der Waals surface area contributed by atoms with Crippen molar-refractivity contribution >= 4 is 11.6 Å². The lowest BCUT2D eigenvalue weighted by Gasteiger charge is -2.19. The molecule has 0 radical (unpaired) electrons. The van der Waals surface area contributed by atoms with E-state index in [0.29, 0.717) is 11.3 Å². The normalized spacial score (nSPS) is 15.2. The lowest BCUT2D eigenvalue weighted by molar-refractivity contribution is 0.0966. The van der Waals surface area contributed by atoms with Gasteiger partial charge in [-0.25, -0.2) is 0 Å². The van der Waals surface area contributed by atoms with Crippen molar-refractivity contribution in [2.45, 2.75) is 5.92 Å². The molecule has 7 nitrogen and oxygen atoms in total. The zero-order chi connectivity index (χ0) is 21.6. The summed E-state index contributed by atoms with van der Waals surface area (Å²) in [5, 5.41) is 30.3. The third kappa shape index (κ3) is 2.91. The summed E-state index contributed by atoms with van der Waals surface area (Å²) in [5.74, 6) is -2.30. The fourth-order valence-electron chi connectivity index (χ4n) is 3.82. The molecule has 0 aromatic heterocycles. The third-order valence-electron chi connectivity index (χ3n) is 5.19. The molecule has 7 heteroatoms. The first-order valence-electron chi connectivity index (χ1n) is 9.05. The van der Waals surface area contributed by atoms with Gasteiger partial charge in [-0.15, -0.1) is 0 Å². The van der Waals surface area contributed by atoms with Crippen LogP contribution < -0.4 is 9.47 Å². The first-order chi connectivity index (χ1) is 14.3. The molecule has 152 valence electrons. The summed E-state index contributed by atoms with van der Waals surface area (Å²) >= 11 is 0. The second kappa shape index (κ2) is 7.11. The number of hydrogen-bond donors (Lipinski definition) is 3. The quantitative estimate of drug-likeness (QED) is 0.611. The van der Waals surface area contributed by atoms with Crippen LogP contribution in [-0.2, 0) is 0 Å². The van der Waals surface area contributed by atoms with Crippen LogP contribution in [0.3, 0.4) is 0 Å². The highest BCUT2D eigenvalue weighted by Gasteiger charge is 2.39. The molecule has 3 aromatic carbocycles. The van der Waals surface area contributed by atoms with Crippen LogP contribution in [0, 0.1) is 0 Å². The van der Waals surface area contributed by atoms with Crippen molar-refractivity contribution < 1.29 is 34.4 Å². The van der Waals surface area contributed by atoms with Crippen LogP contribution >= 0.6 is 0 Å². The summed E-state index contributed by atoms with van der Waals surface area (Å²) in [5.41, 5.74) is 0.620. The highest BCUT2D eigenvalue weighted by atomic mass is 16.5. The van der Waals surface area contributed by atoms with Gasteiger partial charge in [0.25, 0.3) is 0 Å². The third-order valence-corrected chi connectivity index (χ3v) is 5.19. The molecule has 0 saturated heterocycles. The maximum atomic E-state index is 13.7. The lowest BCUT2D eigenvalue weighted by atomic mass is 9.83. The summed E-state index contributed by atoms with van der Waals surface area (Å²) in [6.07, 6.45) is 0. The summed E-state index contributed by atoms with van der Waals surface area (Å²) in [6, 6.07) is 11.2. The van der Waals surface area contributed by atoms with Gasteiger partial charge < -0.3 is 24.8 Å². The van der Waals surface area contributed by atoms with E-state index in [-0.39, 0.29) is 45.3 Å². The summed E-state index contributed by atoms with van der Waals surface area (Å²) in [7, 11) is 2.80. The minimum Gasteiger partial charge on any atom is -0.508 e. The van der Waals surface area contributed by atoms with Crippen LogP contribution in [0.1, 0.15) is 43.3 Å². The Morgan fingerprint density at radius 2 is 1.50 bits per heavy atom. The number of fused-ring (bicyclic) bond motifs is 2. The molecule has 0 unspecified atom stereocenters. The Morgan fingerprint density at radius 1 is 0.800 bits per heavy atom. The number of phenolic OH excluding ortho intramolecular Hbond substituents is 3. The number of Topliss-reactive ketones (excluding diaryl/α,β-unsaturated/α-hetero) is 1. The maximum absolute atomic E-state index is 13.7. The Bertz CT molecular complexity index is 1180. The van der Waals surface area contributed by atoms with E-state index in [4.69, 9.17) is 9.47 Å². The number of hydrogen-bond acceptors (Lipinski definition) is 7. The van der Waals surface area contributed by atoms with Gasteiger partial charge in [0, 0.05) is 28.8 Å². The van der Waals surface area contributed by atoms with Crippen molar-refractivity contribution in [3.05, 3.63) is 76.3 Å². The molecule has 0 amide bonds. The number of aromatic hydroxyl groups is 3. The van der Waals surface area contributed by atoms with E-state index in [9.17, 15) is 24.9 Å². The Balaban J connectivity index is 2.11. The van der Waals surface area contributed by atoms with Crippen LogP contribution in [0.5, 0.6) is 28.7 Å². The van der Waals surface area contributed by atoms with Crippen LogP contribution in [0.25, 0.3) is 0 Å². The van der Waals surface area contributed by atoms with Gasteiger partial charge >= 0.3 is 0 Å². The van der Waals surface area contributed by atoms with Gasteiger partial charge in [-0.2, -0.15) is 0 Å². The number of ether oxygens (including phenoxy) is 2. The molecule has 1 atom stereocenters. The van der Waals surface area contributed by atoms with Gasteiger partial charge in [0.05, 0.1) is 25.7 Å². The summed E-state index contributed by atoms with van der Waals surface area (Å²) in [6.45, 7) is 0. The van der Waals surface area contributed by atoms with Gasteiger partial charge in [-0.3, -0.25) is 9.59 Å². The monoisotopic (exact) mass is 406 g/mol. The fourth-order valence-corrected chi connectivity index (χ4v) is 3.82. The number of methoxy groups -OCH3 is 2. The molecule has 0 fully saturated rings. The first-order valence-corrected chi connectivity index (χ1v) is 9.05. The Kier molecular flexibility index (Phi) is 4.58. The van der Waals surface area contributed by atoms with E-state index in [1.54, 1.807) is 12.1 Å². The topological polar surface area (TPSA) is 113 Å². The average Bonchev–Trinajstić information content (AvgIpc) is 2.82. The van der Waals surface area contributed by atoms with Crippen LogP contribution in [0.4, 0.5) is 0 Å². The molecule has 1 aliphatic carbocycles. The van der Waals surface area contributed by atoms with Crippen LogP contribution in [0.2, 0.25) is 0 Å². The molecular formula is C23H18O7. The summed E-state index contributed by atoms with van der Waals surface area (Å²) in [4.78, 5) is 27.2. The Labute approximate surface area is 171 Å². The van der Waals surface area contributed by atoms with E-state index in [1.807, 2.05) is 0 Å². The van der Waals surface area contributed by atoms with Crippen LogP contribution in [-0.4, -0.2) is 41.1 Å². The predicted octanol–water partition coefficient (Wildman–Crippen LogP) is 3.38. The number of rotatable bonds is 3. The lowest BCUT2D eigenvalue weighted by Crippen LogP contribution is -2.15. The Morgan fingerprint density at radius 3 is 2.13 bits per heavy atom. The van der Waals surface area contributed by atoms with E-state index >= 15 is 0 Å². The van der Waals surface area contributed by atoms with Gasteiger partial charge in [0.1, 0.15) is 28.7 Å². The molecule has 0 spiro atoms. The minimum atomic E-state index is -1.05. The molecule has 0 heterocycles.